The third kappa shape index (κ3) is 3.87. The molecule has 0 atom stereocenters. The molecule has 0 fully saturated rings. The standard InChI is InChI=1S/C18H20N4OS3/c1-5-6-22-10(2)7-13(12(22)4)14-9-25-17(20-14)21-16(23)8-15-11(3)19-18(24)26-15/h5,7,9H,1,6,8H2,2-4H3,(H,19,24)(H,20,21,23). The summed E-state index contributed by atoms with van der Waals surface area (Å²) in [7, 11) is 0. The van der Waals surface area contributed by atoms with Crippen molar-refractivity contribution in [1.29, 1.82) is 0 Å². The van der Waals surface area contributed by atoms with Gasteiger partial charge in [0.1, 0.15) is 0 Å². The molecule has 3 rings (SSSR count). The molecule has 3 aromatic rings. The van der Waals surface area contributed by atoms with Gasteiger partial charge in [-0.15, -0.1) is 29.3 Å². The van der Waals surface area contributed by atoms with Crippen molar-refractivity contribution in [2.45, 2.75) is 33.7 Å². The highest BCUT2D eigenvalue weighted by Crippen LogP contribution is 2.30. The Morgan fingerprint density at radius 3 is 2.88 bits per heavy atom. The van der Waals surface area contributed by atoms with Crippen LogP contribution >= 0.6 is 34.9 Å². The molecule has 0 aliphatic carbocycles. The molecule has 0 radical (unpaired) electrons. The zero-order valence-corrected chi connectivity index (χ0v) is 17.3. The maximum Gasteiger partial charge on any atom is 0.231 e. The number of aromatic nitrogens is 3. The third-order valence-electron chi connectivity index (χ3n) is 4.16. The topological polar surface area (TPSA) is 62.7 Å². The van der Waals surface area contributed by atoms with Gasteiger partial charge >= 0.3 is 0 Å². The lowest BCUT2D eigenvalue weighted by Gasteiger charge is -2.05. The van der Waals surface area contributed by atoms with Crippen LogP contribution in [0.1, 0.15) is 22.0 Å². The van der Waals surface area contributed by atoms with Crippen LogP contribution in [0, 0.1) is 24.7 Å². The number of nitrogens with one attached hydrogen (secondary N) is 2. The first-order valence-corrected chi connectivity index (χ1v) is 10.2. The van der Waals surface area contributed by atoms with Gasteiger partial charge < -0.3 is 14.9 Å². The van der Waals surface area contributed by atoms with Crippen molar-refractivity contribution in [3.8, 4) is 11.3 Å². The fraction of sp³-hybridized carbons (Fsp3) is 0.278. The van der Waals surface area contributed by atoms with Crippen LogP contribution in [0.3, 0.4) is 0 Å². The number of aromatic amines is 1. The van der Waals surface area contributed by atoms with Gasteiger partial charge in [0.25, 0.3) is 0 Å². The summed E-state index contributed by atoms with van der Waals surface area (Å²) in [6, 6.07) is 2.12. The molecule has 2 N–H and O–H groups in total. The van der Waals surface area contributed by atoms with Gasteiger partial charge in [-0.1, -0.05) is 6.08 Å². The van der Waals surface area contributed by atoms with Gasteiger partial charge in [0, 0.05) is 39.4 Å². The quantitative estimate of drug-likeness (QED) is 0.448. The first-order valence-electron chi connectivity index (χ1n) is 8.11. The lowest BCUT2D eigenvalue weighted by atomic mass is 10.2. The Balaban J connectivity index is 1.75. The molecule has 0 aromatic carbocycles. The van der Waals surface area contributed by atoms with Gasteiger partial charge in [-0.05, 0) is 39.1 Å². The second-order valence-electron chi connectivity index (χ2n) is 6.01. The maximum atomic E-state index is 12.3. The molecule has 0 unspecified atom stereocenters. The van der Waals surface area contributed by atoms with E-state index in [4.69, 9.17) is 12.2 Å². The Hall–Kier alpha value is -2.03. The molecule has 0 saturated heterocycles. The summed E-state index contributed by atoms with van der Waals surface area (Å²) in [6.07, 6.45) is 2.18. The largest absolute Gasteiger partial charge is 0.345 e. The van der Waals surface area contributed by atoms with Crippen molar-refractivity contribution in [3.05, 3.63) is 50.0 Å². The van der Waals surface area contributed by atoms with Gasteiger partial charge in [0.2, 0.25) is 5.91 Å². The number of carbonyl (C=O) groups excluding carboxylic acids is 1. The van der Waals surface area contributed by atoms with Crippen LogP contribution in [0.5, 0.6) is 0 Å². The molecule has 8 heteroatoms. The Kier molecular flexibility index (Phi) is 5.55. The molecule has 1 amide bonds. The zero-order chi connectivity index (χ0) is 18.8. The fourth-order valence-corrected chi connectivity index (χ4v) is 4.86. The molecular formula is C18H20N4OS3. The van der Waals surface area contributed by atoms with Crippen molar-refractivity contribution in [1.82, 2.24) is 14.5 Å². The number of H-pyrrole nitrogens is 1. The van der Waals surface area contributed by atoms with Crippen LogP contribution in [-0.4, -0.2) is 20.4 Å². The highest BCUT2D eigenvalue weighted by Gasteiger charge is 2.15. The first kappa shape index (κ1) is 18.8. The van der Waals surface area contributed by atoms with Crippen molar-refractivity contribution in [3.63, 3.8) is 0 Å². The summed E-state index contributed by atoms with van der Waals surface area (Å²) >= 11 is 7.99. The monoisotopic (exact) mass is 404 g/mol. The minimum absolute atomic E-state index is 0.0867. The summed E-state index contributed by atoms with van der Waals surface area (Å²) in [4.78, 5) is 20.9. The molecule has 0 aliphatic heterocycles. The molecule has 3 aromatic heterocycles. The summed E-state index contributed by atoms with van der Waals surface area (Å²) in [5, 5.41) is 5.47. The molecule has 3 heterocycles. The van der Waals surface area contributed by atoms with E-state index in [9.17, 15) is 4.79 Å². The number of aryl methyl sites for hydroxylation is 2. The number of nitrogens with zero attached hydrogens (tertiary/aromatic N) is 2. The van der Waals surface area contributed by atoms with Crippen LogP contribution in [0.2, 0.25) is 0 Å². The second-order valence-corrected chi connectivity index (χ2v) is 8.64. The van der Waals surface area contributed by atoms with Gasteiger partial charge in [-0.25, -0.2) is 4.98 Å². The Bertz CT molecular complexity index is 1020. The van der Waals surface area contributed by atoms with E-state index in [0.717, 1.165) is 34.1 Å². The van der Waals surface area contributed by atoms with Gasteiger partial charge in [0.15, 0.2) is 9.09 Å². The molecular weight excluding hydrogens is 384 g/mol. The van der Waals surface area contributed by atoms with Gasteiger partial charge in [-0.2, -0.15) is 0 Å². The van der Waals surface area contributed by atoms with E-state index in [-0.39, 0.29) is 5.91 Å². The van der Waals surface area contributed by atoms with E-state index in [1.165, 1.54) is 28.4 Å². The van der Waals surface area contributed by atoms with Crippen LogP contribution in [-0.2, 0) is 17.8 Å². The lowest BCUT2D eigenvalue weighted by Crippen LogP contribution is -2.14. The summed E-state index contributed by atoms with van der Waals surface area (Å²) < 4.78 is 2.89. The average Bonchev–Trinajstić information content (AvgIpc) is 3.22. The van der Waals surface area contributed by atoms with Crippen molar-refractivity contribution in [2.24, 2.45) is 0 Å². The third-order valence-corrected chi connectivity index (χ3v) is 6.25. The van der Waals surface area contributed by atoms with Crippen molar-refractivity contribution < 1.29 is 4.79 Å². The number of amides is 1. The highest BCUT2D eigenvalue weighted by atomic mass is 32.1. The number of carbonyl (C=O) groups is 1. The first-order chi connectivity index (χ1) is 12.4. The van der Waals surface area contributed by atoms with Gasteiger partial charge in [0.05, 0.1) is 12.1 Å². The molecule has 5 nitrogen and oxygen atoms in total. The smallest absolute Gasteiger partial charge is 0.231 e. The predicted molar refractivity (Wildman–Crippen MR) is 112 cm³/mol. The minimum Gasteiger partial charge on any atom is -0.345 e. The summed E-state index contributed by atoms with van der Waals surface area (Å²) in [5.41, 5.74) is 5.22. The number of rotatable bonds is 6. The number of thiazole rings is 2. The van der Waals surface area contributed by atoms with E-state index < -0.39 is 0 Å². The van der Waals surface area contributed by atoms with Crippen LogP contribution in [0.15, 0.2) is 24.1 Å². The predicted octanol–water partition coefficient (Wildman–Crippen LogP) is 5.02. The van der Waals surface area contributed by atoms with E-state index in [1.807, 2.05) is 18.4 Å². The number of hydrogen-bond donors (Lipinski definition) is 2. The number of hydrogen-bond acceptors (Lipinski definition) is 5. The molecule has 0 aliphatic rings. The lowest BCUT2D eigenvalue weighted by molar-refractivity contribution is -0.115. The van der Waals surface area contributed by atoms with E-state index >= 15 is 0 Å². The van der Waals surface area contributed by atoms with Crippen molar-refractivity contribution >= 4 is 45.9 Å². The maximum absolute atomic E-state index is 12.3. The summed E-state index contributed by atoms with van der Waals surface area (Å²) in [5.74, 6) is -0.0867. The van der Waals surface area contributed by atoms with Crippen LogP contribution < -0.4 is 5.32 Å². The molecule has 0 saturated carbocycles. The van der Waals surface area contributed by atoms with Crippen LogP contribution in [0.25, 0.3) is 11.3 Å². The summed E-state index contributed by atoms with van der Waals surface area (Å²) in [6.45, 7) is 10.7. The minimum atomic E-state index is -0.0867. The Morgan fingerprint density at radius 2 is 2.23 bits per heavy atom. The number of allylic oxidation sites excluding steroid dienone is 1. The van der Waals surface area contributed by atoms with Crippen LogP contribution in [0.4, 0.5) is 5.13 Å². The molecule has 0 bridgehead atoms. The van der Waals surface area contributed by atoms with Gasteiger partial charge in [-0.3, -0.25) is 4.79 Å². The zero-order valence-electron chi connectivity index (χ0n) is 14.9. The Labute approximate surface area is 165 Å². The fourth-order valence-electron chi connectivity index (χ4n) is 2.84. The average molecular weight is 405 g/mol. The normalized spacial score (nSPS) is 10.9. The molecule has 26 heavy (non-hydrogen) atoms. The highest BCUT2D eigenvalue weighted by molar-refractivity contribution is 7.73. The van der Waals surface area contributed by atoms with E-state index in [1.54, 1.807) is 0 Å². The number of anilines is 1. The van der Waals surface area contributed by atoms with E-state index in [2.05, 4.69) is 46.3 Å². The van der Waals surface area contributed by atoms with E-state index in [0.29, 0.717) is 15.5 Å². The molecule has 136 valence electrons. The van der Waals surface area contributed by atoms with Crippen molar-refractivity contribution in [2.75, 3.05) is 5.32 Å². The molecule has 0 spiro atoms. The SMILES string of the molecule is C=CCn1c(C)cc(-c2csc(NC(=O)Cc3sc(=S)[nH]c3C)n2)c1C. The Morgan fingerprint density at radius 1 is 1.46 bits per heavy atom. The second kappa shape index (κ2) is 7.69.